The third kappa shape index (κ3) is 2.94. The lowest BCUT2D eigenvalue weighted by Crippen LogP contribution is -2.27. The van der Waals surface area contributed by atoms with E-state index in [9.17, 15) is 0 Å². The molecule has 0 heterocycles. The van der Waals surface area contributed by atoms with Crippen LogP contribution < -0.4 is 10.5 Å². The molecule has 2 unspecified atom stereocenters. The molecular formula is C12H19NO2. The zero-order chi connectivity index (χ0) is 11.3. The summed E-state index contributed by atoms with van der Waals surface area (Å²) in [6.07, 6.45) is 0.951. The van der Waals surface area contributed by atoms with Crippen LogP contribution in [0, 0.1) is 0 Å². The predicted octanol–water partition coefficient (Wildman–Crippen LogP) is 2.12. The SMILES string of the molecule is CCC(OC)C(N)c1cccc(OC)c1. The van der Waals surface area contributed by atoms with E-state index in [1.807, 2.05) is 24.3 Å². The summed E-state index contributed by atoms with van der Waals surface area (Å²) in [5.74, 6) is 0.828. The second-order valence-electron chi connectivity index (χ2n) is 3.48. The molecule has 3 nitrogen and oxygen atoms in total. The first kappa shape index (κ1) is 12.0. The molecule has 0 spiro atoms. The number of rotatable bonds is 5. The van der Waals surface area contributed by atoms with Crippen LogP contribution in [0.1, 0.15) is 24.9 Å². The largest absolute Gasteiger partial charge is 0.497 e. The summed E-state index contributed by atoms with van der Waals surface area (Å²) in [4.78, 5) is 0. The molecule has 15 heavy (non-hydrogen) atoms. The first-order chi connectivity index (χ1) is 7.22. The van der Waals surface area contributed by atoms with E-state index in [0.29, 0.717) is 0 Å². The van der Waals surface area contributed by atoms with Crippen molar-refractivity contribution in [2.24, 2.45) is 5.73 Å². The third-order valence-corrected chi connectivity index (χ3v) is 2.58. The van der Waals surface area contributed by atoms with Gasteiger partial charge in [-0.3, -0.25) is 0 Å². The first-order valence-corrected chi connectivity index (χ1v) is 5.15. The standard InChI is InChI=1S/C12H19NO2/c1-4-11(15-3)12(13)9-6-5-7-10(8-9)14-2/h5-8,11-12H,4,13H2,1-3H3. The molecular weight excluding hydrogens is 190 g/mol. The monoisotopic (exact) mass is 209 g/mol. The smallest absolute Gasteiger partial charge is 0.119 e. The van der Waals surface area contributed by atoms with E-state index < -0.39 is 0 Å². The summed E-state index contributed by atoms with van der Waals surface area (Å²) in [5.41, 5.74) is 7.15. The van der Waals surface area contributed by atoms with E-state index in [1.165, 1.54) is 0 Å². The fourth-order valence-corrected chi connectivity index (χ4v) is 1.63. The van der Waals surface area contributed by atoms with Gasteiger partial charge in [-0.05, 0) is 24.1 Å². The van der Waals surface area contributed by atoms with Crippen LogP contribution in [0.25, 0.3) is 0 Å². The number of ether oxygens (including phenoxy) is 2. The first-order valence-electron chi connectivity index (χ1n) is 5.15. The van der Waals surface area contributed by atoms with Crippen LogP contribution >= 0.6 is 0 Å². The van der Waals surface area contributed by atoms with Crippen molar-refractivity contribution in [1.29, 1.82) is 0 Å². The number of methoxy groups -OCH3 is 2. The Bertz CT molecular complexity index is 297. The molecule has 0 bridgehead atoms. The fourth-order valence-electron chi connectivity index (χ4n) is 1.63. The molecule has 0 amide bonds. The molecule has 1 aromatic rings. The lowest BCUT2D eigenvalue weighted by Gasteiger charge is -2.21. The Hall–Kier alpha value is -1.06. The Morgan fingerprint density at radius 3 is 2.60 bits per heavy atom. The van der Waals surface area contributed by atoms with Crippen LogP contribution in [-0.4, -0.2) is 20.3 Å². The average Bonchev–Trinajstić information content (AvgIpc) is 2.30. The average molecular weight is 209 g/mol. The topological polar surface area (TPSA) is 44.5 Å². The summed E-state index contributed by atoms with van der Waals surface area (Å²) in [7, 11) is 3.34. The molecule has 1 aromatic carbocycles. The van der Waals surface area contributed by atoms with Gasteiger partial charge in [0, 0.05) is 7.11 Å². The van der Waals surface area contributed by atoms with Crippen LogP contribution in [0.4, 0.5) is 0 Å². The van der Waals surface area contributed by atoms with Crippen molar-refractivity contribution in [3.8, 4) is 5.75 Å². The fraction of sp³-hybridized carbons (Fsp3) is 0.500. The van der Waals surface area contributed by atoms with Crippen LogP contribution in [-0.2, 0) is 4.74 Å². The molecule has 0 aliphatic carbocycles. The molecule has 0 saturated carbocycles. The van der Waals surface area contributed by atoms with Gasteiger partial charge in [0.1, 0.15) is 5.75 Å². The molecule has 84 valence electrons. The lowest BCUT2D eigenvalue weighted by molar-refractivity contribution is 0.0771. The highest BCUT2D eigenvalue weighted by Crippen LogP contribution is 2.22. The van der Waals surface area contributed by atoms with Crippen LogP contribution in [0.2, 0.25) is 0 Å². The minimum absolute atomic E-state index is 0.0529. The van der Waals surface area contributed by atoms with Crippen molar-refractivity contribution < 1.29 is 9.47 Å². The van der Waals surface area contributed by atoms with E-state index in [2.05, 4.69) is 6.92 Å². The van der Waals surface area contributed by atoms with E-state index in [0.717, 1.165) is 17.7 Å². The summed E-state index contributed by atoms with van der Waals surface area (Å²) in [6, 6.07) is 7.69. The number of nitrogens with two attached hydrogens (primary N) is 1. The van der Waals surface area contributed by atoms with Crippen molar-refractivity contribution in [1.82, 2.24) is 0 Å². The van der Waals surface area contributed by atoms with Gasteiger partial charge in [-0.2, -0.15) is 0 Å². The second kappa shape index (κ2) is 5.73. The second-order valence-corrected chi connectivity index (χ2v) is 3.48. The van der Waals surface area contributed by atoms with Crippen LogP contribution in [0.15, 0.2) is 24.3 Å². The molecule has 1 rings (SSSR count). The maximum absolute atomic E-state index is 6.10. The number of benzene rings is 1. The van der Waals surface area contributed by atoms with Crippen molar-refractivity contribution in [3.05, 3.63) is 29.8 Å². The molecule has 0 fully saturated rings. The molecule has 2 atom stereocenters. The number of hydrogen-bond donors (Lipinski definition) is 1. The van der Waals surface area contributed by atoms with Gasteiger partial charge in [0.25, 0.3) is 0 Å². The maximum Gasteiger partial charge on any atom is 0.119 e. The van der Waals surface area contributed by atoms with Crippen molar-refractivity contribution in [2.75, 3.05) is 14.2 Å². The predicted molar refractivity (Wildman–Crippen MR) is 61.0 cm³/mol. The van der Waals surface area contributed by atoms with E-state index in [-0.39, 0.29) is 12.1 Å². The summed E-state index contributed by atoms with van der Waals surface area (Å²) >= 11 is 0. The summed E-state index contributed by atoms with van der Waals surface area (Å²) in [5, 5.41) is 0. The van der Waals surface area contributed by atoms with Gasteiger partial charge >= 0.3 is 0 Å². The summed E-state index contributed by atoms with van der Waals surface area (Å²) < 4.78 is 10.5. The van der Waals surface area contributed by atoms with Crippen molar-refractivity contribution >= 4 is 0 Å². The number of hydrogen-bond acceptors (Lipinski definition) is 3. The van der Waals surface area contributed by atoms with Gasteiger partial charge in [-0.15, -0.1) is 0 Å². The molecule has 0 aliphatic rings. The zero-order valence-corrected chi connectivity index (χ0v) is 9.57. The quantitative estimate of drug-likeness (QED) is 0.807. The zero-order valence-electron chi connectivity index (χ0n) is 9.57. The minimum atomic E-state index is -0.102. The Morgan fingerprint density at radius 1 is 1.33 bits per heavy atom. The highest BCUT2D eigenvalue weighted by molar-refractivity contribution is 5.30. The highest BCUT2D eigenvalue weighted by Gasteiger charge is 2.17. The molecule has 2 N–H and O–H groups in total. The van der Waals surface area contributed by atoms with Gasteiger partial charge in [0.15, 0.2) is 0 Å². The third-order valence-electron chi connectivity index (χ3n) is 2.58. The molecule has 0 aliphatic heterocycles. The van der Waals surface area contributed by atoms with Crippen LogP contribution in [0.5, 0.6) is 5.75 Å². The van der Waals surface area contributed by atoms with Crippen molar-refractivity contribution in [2.45, 2.75) is 25.5 Å². The molecule has 0 aromatic heterocycles. The highest BCUT2D eigenvalue weighted by atomic mass is 16.5. The van der Waals surface area contributed by atoms with Gasteiger partial charge in [0.05, 0.1) is 19.3 Å². The van der Waals surface area contributed by atoms with Gasteiger partial charge < -0.3 is 15.2 Å². The van der Waals surface area contributed by atoms with E-state index in [1.54, 1.807) is 14.2 Å². The maximum atomic E-state index is 6.10. The van der Waals surface area contributed by atoms with Gasteiger partial charge in [0.2, 0.25) is 0 Å². The van der Waals surface area contributed by atoms with E-state index in [4.69, 9.17) is 15.2 Å². The molecule has 3 heteroatoms. The molecule has 0 saturated heterocycles. The molecule has 0 radical (unpaired) electrons. The lowest BCUT2D eigenvalue weighted by atomic mass is 10.0. The Labute approximate surface area is 91.2 Å². The van der Waals surface area contributed by atoms with Gasteiger partial charge in [-0.1, -0.05) is 19.1 Å². The van der Waals surface area contributed by atoms with Crippen molar-refractivity contribution in [3.63, 3.8) is 0 Å². The Balaban J connectivity index is 2.84. The minimum Gasteiger partial charge on any atom is -0.497 e. The van der Waals surface area contributed by atoms with Crippen LogP contribution in [0.3, 0.4) is 0 Å². The van der Waals surface area contributed by atoms with E-state index >= 15 is 0 Å². The Morgan fingerprint density at radius 2 is 2.07 bits per heavy atom. The van der Waals surface area contributed by atoms with Gasteiger partial charge in [-0.25, -0.2) is 0 Å². The normalized spacial score (nSPS) is 14.7. The Kier molecular flexibility index (Phi) is 4.59. The summed E-state index contributed by atoms with van der Waals surface area (Å²) in [6.45, 7) is 2.06.